The average Bonchev–Trinajstić information content (AvgIpc) is 2.58. The standard InChI is InChI=1S/C17H24N2O6S/c1-4-5-10-26(23,24)19-12(2)17(22)25-11-16(21)18-15-8-6-14(7-9-15)13(3)20/h6-9,12,19H,4-5,10-11H2,1-3H3,(H,18,21)/t12-/m0/s1. The van der Waals surface area contributed by atoms with Crippen molar-refractivity contribution in [2.45, 2.75) is 39.7 Å². The number of ether oxygens (including phenoxy) is 1. The Morgan fingerprint density at radius 3 is 2.31 bits per heavy atom. The Kier molecular flexibility index (Phi) is 8.40. The fourth-order valence-electron chi connectivity index (χ4n) is 1.96. The Labute approximate surface area is 153 Å². The zero-order valence-corrected chi connectivity index (χ0v) is 15.9. The van der Waals surface area contributed by atoms with E-state index in [2.05, 4.69) is 10.0 Å². The maximum Gasteiger partial charge on any atom is 0.324 e. The van der Waals surface area contributed by atoms with E-state index in [1.807, 2.05) is 6.92 Å². The van der Waals surface area contributed by atoms with Crippen LogP contribution in [0.3, 0.4) is 0 Å². The van der Waals surface area contributed by atoms with Crippen LogP contribution in [-0.4, -0.2) is 44.5 Å². The molecule has 1 amide bonds. The number of Topliss-reactive ketones (excluding diaryl/α,β-unsaturated/α-hetero) is 1. The molecule has 0 aliphatic carbocycles. The zero-order valence-electron chi connectivity index (χ0n) is 15.1. The number of rotatable bonds is 10. The number of carbonyl (C=O) groups excluding carboxylic acids is 3. The molecule has 2 N–H and O–H groups in total. The number of ketones is 1. The van der Waals surface area contributed by atoms with E-state index in [0.717, 1.165) is 0 Å². The molecule has 0 fully saturated rings. The van der Waals surface area contributed by atoms with Crippen molar-refractivity contribution < 1.29 is 27.5 Å². The molecular weight excluding hydrogens is 360 g/mol. The van der Waals surface area contributed by atoms with E-state index in [1.54, 1.807) is 24.3 Å². The van der Waals surface area contributed by atoms with Gasteiger partial charge in [-0.25, -0.2) is 13.1 Å². The summed E-state index contributed by atoms with van der Waals surface area (Å²) in [5.74, 6) is -1.58. The predicted octanol–water partition coefficient (Wildman–Crippen LogP) is 1.48. The average molecular weight is 384 g/mol. The molecule has 0 aliphatic heterocycles. The fraction of sp³-hybridized carbons (Fsp3) is 0.471. The number of amides is 1. The summed E-state index contributed by atoms with van der Waals surface area (Å²) in [6, 6.07) is 5.16. The minimum Gasteiger partial charge on any atom is -0.454 e. The van der Waals surface area contributed by atoms with Gasteiger partial charge in [0.15, 0.2) is 12.4 Å². The van der Waals surface area contributed by atoms with Gasteiger partial charge in [0.05, 0.1) is 5.75 Å². The van der Waals surface area contributed by atoms with Gasteiger partial charge in [-0.1, -0.05) is 13.3 Å². The van der Waals surface area contributed by atoms with Crippen molar-refractivity contribution in [3.8, 4) is 0 Å². The molecule has 0 heterocycles. The lowest BCUT2D eigenvalue weighted by atomic mass is 10.1. The molecule has 0 bridgehead atoms. The second-order valence-corrected chi connectivity index (χ2v) is 7.67. The monoisotopic (exact) mass is 384 g/mol. The highest BCUT2D eigenvalue weighted by Crippen LogP contribution is 2.10. The molecule has 0 saturated heterocycles. The molecule has 0 radical (unpaired) electrons. The number of sulfonamides is 1. The number of unbranched alkanes of at least 4 members (excludes halogenated alkanes) is 1. The third kappa shape index (κ3) is 7.75. The molecule has 1 rings (SSSR count). The van der Waals surface area contributed by atoms with Crippen LogP contribution in [0.2, 0.25) is 0 Å². The number of carbonyl (C=O) groups is 3. The molecule has 1 atom stereocenters. The van der Waals surface area contributed by atoms with Gasteiger partial charge in [-0.2, -0.15) is 0 Å². The number of hydrogen-bond donors (Lipinski definition) is 2. The smallest absolute Gasteiger partial charge is 0.324 e. The van der Waals surface area contributed by atoms with Gasteiger partial charge in [0.25, 0.3) is 5.91 Å². The molecule has 0 spiro atoms. The minimum absolute atomic E-state index is 0.0716. The Morgan fingerprint density at radius 2 is 1.77 bits per heavy atom. The Balaban J connectivity index is 2.45. The molecule has 9 heteroatoms. The summed E-state index contributed by atoms with van der Waals surface area (Å²) in [5, 5.41) is 2.51. The molecule has 0 aliphatic rings. The van der Waals surface area contributed by atoms with Crippen molar-refractivity contribution in [1.29, 1.82) is 0 Å². The van der Waals surface area contributed by atoms with Gasteiger partial charge >= 0.3 is 5.97 Å². The van der Waals surface area contributed by atoms with Gasteiger partial charge in [-0.15, -0.1) is 0 Å². The maximum atomic E-state index is 11.8. The van der Waals surface area contributed by atoms with Crippen molar-refractivity contribution in [2.24, 2.45) is 0 Å². The van der Waals surface area contributed by atoms with Crippen molar-refractivity contribution in [3.05, 3.63) is 29.8 Å². The highest BCUT2D eigenvalue weighted by molar-refractivity contribution is 7.89. The molecule has 0 aromatic heterocycles. The predicted molar refractivity (Wildman–Crippen MR) is 97.3 cm³/mol. The van der Waals surface area contributed by atoms with Crippen molar-refractivity contribution >= 4 is 33.4 Å². The van der Waals surface area contributed by atoms with Crippen molar-refractivity contribution in [2.75, 3.05) is 17.7 Å². The van der Waals surface area contributed by atoms with Crippen LogP contribution in [-0.2, 0) is 24.3 Å². The molecule has 0 saturated carbocycles. The summed E-state index contributed by atoms with van der Waals surface area (Å²) < 4.78 is 30.5. The van der Waals surface area contributed by atoms with E-state index in [-0.39, 0.29) is 11.5 Å². The lowest BCUT2D eigenvalue weighted by molar-refractivity contribution is -0.148. The first kappa shape index (κ1) is 21.8. The second-order valence-electron chi connectivity index (χ2n) is 5.80. The summed E-state index contributed by atoms with van der Waals surface area (Å²) >= 11 is 0. The SMILES string of the molecule is CCCCS(=O)(=O)N[C@@H](C)C(=O)OCC(=O)Nc1ccc(C(C)=O)cc1. The van der Waals surface area contributed by atoms with Crippen LogP contribution < -0.4 is 10.0 Å². The number of nitrogens with one attached hydrogen (secondary N) is 2. The van der Waals surface area contributed by atoms with E-state index >= 15 is 0 Å². The Bertz CT molecular complexity index is 743. The molecule has 0 unspecified atom stereocenters. The van der Waals surface area contributed by atoms with Gasteiger partial charge in [0.1, 0.15) is 6.04 Å². The van der Waals surface area contributed by atoms with E-state index in [1.165, 1.54) is 13.8 Å². The van der Waals surface area contributed by atoms with Crippen LogP contribution in [0.5, 0.6) is 0 Å². The lowest BCUT2D eigenvalue weighted by Crippen LogP contribution is -2.41. The van der Waals surface area contributed by atoms with E-state index in [0.29, 0.717) is 24.1 Å². The molecular formula is C17H24N2O6S. The first-order valence-electron chi connectivity index (χ1n) is 8.22. The van der Waals surface area contributed by atoms with Crippen LogP contribution in [0.1, 0.15) is 44.0 Å². The van der Waals surface area contributed by atoms with Gasteiger partial charge in [0, 0.05) is 11.3 Å². The van der Waals surface area contributed by atoms with Gasteiger partial charge in [-0.3, -0.25) is 14.4 Å². The third-order valence-electron chi connectivity index (χ3n) is 3.40. The van der Waals surface area contributed by atoms with Crippen LogP contribution in [0.15, 0.2) is 24.3 Å². The summed E-state index contributed by atoms with van der Waals surface area (Å²) in [6.07, 6.45) is 1.20. The molecule has 1 aromatic carbocycles. The molecule has 1 aromatic rings. The molecule has 8 nitrogen and oxygen atoms in total. The van der Waals surface area contributed by atoms with E-state index in [9.17, 15) is 22.8 Å². The van der Waals surface area contributed by atoms with Gasteiger partial charge in [-0.05, 0) is 44.5 Å². The van der Waals surface area contributed by atoms with Gasteiger partial charge < -0.3 is 10.1 Å². The Morgan fingerprint density at radius 1 is 1.15 bits per heavy atom. The summed E-state index contributed by atoms with van der Waals surface area (Å²) in [4.78, 5) is 34.8. The third-order valence-corrected chi connectivity index (χ3v) is 4.94. The first-order valence-corrected chi connectivity index (χ1v) is 9.87. The number of esters is 1. The summed E-state index contributed by atoms with van der Waals surface area (Å²) in [6.45, 7) is 4.10. The largest absolute Gasteiger partial charge is 0.454 e. The van der Waals surface area contributed by atoms with Crippen LogP contribution in [0, 0.1) is 0 Å². The maximum absolute atomic E-state index is 11.8. The Hall–Kier alpha value is -2.26. The topological polar surface area (TPSA) is 119 Å². The highest BCUT2D eigenvalue weighted by atomic mass is 32.2. The van der Waals surface area contributed by atoms with Crippen LogP contribution in [0.25, 0.3) is 0 Å². The quantitative estimate of drug-likeness (QED) is 0.466. The summed E-state index contributed by atoms with van der Waals surface area (Å²) in [5.41, 5.74) is 0.961. The summed E-state index contributed by atoms with van der Waals surface area (Å²) in [7, 11) is -3.57. The number of hydrogen-bond acceptors (Lipinski definition) is 6. The number of anilines is 1. The van der Waals surface area contributed by atoms with E-state index < -0.39 is 34.5 Å². The van der Waals surface area contributed by atoms with Crippen molar-refractivity contribution in [3.63, 3.8) is 0 Å². The molecule has 144 valence electrons. The van der Waals surface area contributed by atoms with Crippen LogP contribution >= 0.6 is 0 Å². The van der Waals surface area contributed by atoms with Crippen LogP contribution in [0.4, 0.5) is 5.69 Å². The van der Waals surface area contributed by atoms with Gasteiger partial charge in [0.2, 0.25) is 10.0 Å². The van der Waals surface area contributed by atoms with E-state index in [4.69, 9.17) is 4.74 Å². The first-order chi connectivity index (χ1) is 12.1. The zero-order chi connectivity index (χ0) is 19.7. The normalized spacial score (nSPS) is 12.3. The highest BCUT2D eigenvalue weighted by Gasteiger charge is 2.21. The molecule has 26 heavy (non-hydrogen) atoms. The fourth-order valence-corrected chi connectivity index (χ4v) is 3.38. The number of benzene rings is 1. The lowest BCUT2D eigenvalue weighted by Gasteiger charge is -2.13. The second kappa shape index (κ2) is 10.0. The minimum atomic E-state index is -3.57. The van der Waals surface area contributed by atoms with Crippen molar-refractivity contribution in [1.82, 2.24) is 4.72 Å².